The number of benzene rings is 2. The Morgan fingerprint density at radius 1 is 0.556 bits per heavy atom. The molecular weight excluding hydrogens is 340 g/mol. The quantitative estimate of drug-likeness (QED) is 0.482. The van der Waals surface area contributed by atoms with Crippen LogP contribution in [-0.4, -0.2) is 20.4 Å². The van der Waals surface area contributed by atoms with Crippen molar-refractivity contribution < 1.29 is 20.4 Å². The summed E-state index contributed by atoms with van der Waals surface area (Å²) >= 11 is 0. The molecule has 0 heterocycles. The van der Waals surface area contributed by atoms with Gasteiger partial charge in [0.05, 0.1) is 0 Å². The number of fused-ring (bicyclic) bond motifs is 4. The fraction of sp³-hybridized carbons (Fsp3) is 0.478. The average Bonchev–Trinajstić information content (AvgIpc) is 2.91. The first-order chi connectivity index (χ1) is 12.5. The Morgan fingerprint density at radius 2 is 0.815 bits per heavy atom. The molecule has 4 heteroatoms. The Hall–Kier alpha value is -2.36. The molecule has 4 nitrogen and oxygen atoms in total. The van der Waals surface area contributed by atoms with E-state index < -0.39 is 0 Å². The van der Waals surface area contributed by atoms with Gasteiger partial charge in [0.15, 0.2) is 23.0 Å². The van der Waals surface area contributed by atoms with Crippen LogP contribution in [0.5, 0.6) is 23.0 Å². The molecule has 2 aromatic carbocycles. The second-order valence-electron chi connectivity index (χ2n) is 8.98. The summed E-state index contributed by atoms with van der Waals surface area (Å²) in [6.07, 6.45) is 1.64. The Labute approximate surface area is 161 Å². The second-order valence-corrected chi connectivity index (χ2v) is 8.98. The fourth-order valence-electron chi connectivity index (χ4n) is 5.35. The van der Waals surface area contributed by atoms with Crippen LogP contribution in [0.15, 0.2) is 24.3 Å². The van der Waals surface area contributed by atoms with Gasteiger partial charge in [-0.2, -0.15) is 0 Å². The summed E-state index contributed by atoms with van der Waals surface area (Å²) in [5.74, 6) is -0.444. The van der Waals surface area contributed by atoms with Gasteiger partial charge in [-0.1, -0.05) is 41.5 Å². The van der Waals surface area contributed by atoms with Gasteiger partial charge in [0.2, 0.25) is 0 Å². The molecule has 0 unspecified atom stereocenters. The number of hydrogen-bond donors (Lipinski definition) is 4. The molecule has 0 aromatic heterocycles. The third-order valence-corrected chi connectivity index (χ3v) is 6.21. The summed E-state index contributed by atoms with van der Waals surface area (Å²) in [6.45, 7) is 12.6. The fourth-order valence-corrected chi connectivity index (χ4v) is 5.35. The number of phenolic OH excluding ortho intramolecular Hbond substituents is 4. The van der Waals surface area contributed by atoms with Crippen molar-refractivity contribution in [1.82, 2.24) is 0 Å². The average molecular weight is 370 g/mol. The minimum Gasteiger partial charge on any atom is -0.504 e. The second kappa shape index (κ2) is 5.82. The first-order valence-corrected chi connectivity index (χ1v) is 9.62. The highest BCUT2D eigenvalue weighted by Crippen LogP contribution is 2.64. The topological polar surface area (TPSA) is 80.9 Å². The van der Waals surface area contributed by atoms with Gasteiger partial charge < -0.3 is 20.4 Å². The summed E-state index contributed by atoms with van der Waals surface area (Å²) in [5, 5.41) is 40.3. The van der Waals surface area contributed by atoms with Crippen LogP contribution in [-0.2, 0) is 16.2 Å². The van der Waals surface area contributed by atoms with E-state index in [0.717, 1.165) is 35.1 Å². The summed E-state index contributed by atoms with van der Waals surface area (Å²) in [6, 6.07) is 6.69. The van der Waals surface area contributed by atoms with Crippen molar-refractivity contribution in [3.05, 3.63) is 46.5 Å². The van der Waals surface area contributed by atoms with Gasteiger partial charge in [-0.3, -0.25) is 0 Å². The third kappa shape index (κ3) is 2.57. The molecule has 0 saturated heterocycles. The molecule has 0 saturated carbocycles. The molecule has 4 rings (SSSR count). The lowest BCUT2D eigenvalue weighted by atomic mass is 9.72. The minimum atomic E-state index is -0.353. The SMILES string of the molecule is CC.CC1(C)CC2(CC(C)(C)c3cc(O)c(O)cc32)c2cc(O)c(O)cc21. The van der Waals surface area contributed by atoms with Crippen LogP contribution >= 0.6 is 0 Å². The number of rotatable bonds is 0. The van der Waals surface area contributed by atoms with Crippen LogP contribution in [0.1, 0.15) is 76.6 Å². The zero-order valence-corrected chi connectivity index (χ0v) is 17.0. The standard InChI is InChI=1S/C21H24O4.C2H6/c1-19(2)9-21(13-7-17(24)15(22)5-11(13)19)10-20(3,4)12-6-16(23)18(25)8-14(12)21;1-2/h5-8,22-25H,9-10H2,1-4H3;1-2H3. The maximum absolute atomic E-state index is 10.1. The predicted molar refractivity (Wildman–Crippen MR) is 107 cm³/mol. The molecule has 2 aliphatic carbocycles. The van der Waals surface area contributed by atoms with Gasteiger partial charge in [0.1, 0.15) is 0 Å². The molecule has 0 amide bonds. The Bertz CT molecular complexity index is 834. The molecule has 0 radical (unpaired) electrons. The van der Waals surface area contributed by atoms with Gasteiger partial charge in [0.25, 0.3) is 0 Å². The predicted octanol–water partition coefficient (Wildman–Crippen LogP) is 5.18. The molecule has 2 aliphatic rings. The van der Waals surface area contributed by atoms with E-state index in [1.165, 1.54) is 0 Å². The van der Waals surface area contributed by atoms with Crippen LogP contribution in [0.2, 0.25) is 0 Å². The Kier molecular flexibility index (Phi) is 4.18. The zero-order valence-electron chi connectivity index (χ0n) is 17.0. The summed E-state index contributed by atoms with van der Waals surface area (Å²) in [7, 11) is 0. The van der Waals surface area contributed by atoms with Gasteiger partial charge in [0, 0.05) is 5.41 Å². The van der Waals surface area contributed by atoms with Gasteiger partial charge >= 0.3 is 0 Å². The highest BCUT2D eigenvalue weighted by atomic mass is 16.3. The number of aromatic hydroxyl groups is 4. The normalized spacial score (nSPS) is 19.9. The van der Waals surface area contributed by atoms with Crippen LogP contribution in [0.3, 0.4) is 0 Å². The van der Waals surface area contributed by atoms with Crippen molar-refractivity contribution in [2.45, 2.75) is 70.6 Å². The molecule has 0 atom stereocenters. The minimum absolute atomic E-state index is 0.102. The summed E-state index contributed by atoms with van der Waals surface area (Å²) in [5.41, 5.74) is 3.36. The van der Waals surface area contributed by atoms with Gasteiger partial charge in [-0.05, 0) is 70.2 Å². The molecule has 2 aromatic rings. The van der Waals surface area contributed by atoms with Crippen molar-refractivity contribution in [3.63, 3.8) is 0 Å². The van der Waals surface area contributed by atoms with Crippen LogP contribution in [0.25, 0.3) is 0 Å². The van der Waals surface area contributed by atoms with E-state index in [9.17, 15) is 20.4 Å². The van der Waals surface area contributed by atoms with Crippen LogP contribution in [0.4, 0.5) is 0 Å². The largest absolute Gasteiger partial charge is 0.504 e. The van der Waals surface area contributed by atoms with E-state index in [1.54, 1.807) is 24.3 Å². The molecule has 146 valence electrons. The van der Waals surface area contributed by atoms with E-state index >= 15 is 0 Å². The lowest BCUT2D eigenvalue weighted by Gasteiger charge is -2.30. The van der Waals surface area contributed by atoms with Crippen molar-refractivity contribution in [1.29, 1.82) is 0 Å². The Balaban J connectivity index is 0.00000102. The number of hydrogen-bond acceptors (Lipinski definition) is 4. The van der Waals surface area contributed by atoms with E-state index in [-0.39, 0.29) is 39.2 Å². The lowest BCUT2D eigenvalue weighted by Crippen LogP contribution is -2.26. The summed E-state index contributed by atoms with van der Waals surface area (Å²) in [4.78, 5) is 0. The molecule has 0 bridgehead atoms. The zero-order chi connectivity index (χ0) is 20.4. The van der Waals surface area contributed by atoms with Crippen molar-refractivity contribution in [2.24, 2.45) is 0 Å². The van der Waals surface area contributed by atoms with Gasteiger partial charge in [-0.15, -0.1) is 0 Å². The van der Waals surface area contributed by atoms with Crippen LogP contribution < -0.4 is 0 Å². The van der Waals surface area contributed by atoms with Crippen molar-refractivity contribution in [3.8, 4) is 23.0 Å². The maximum Gasteiger partial charge on any atom is 0.157 e. The number of phenols is 4. The maximum atomic E-state index is 10.1. The van der Waals surface area contributed by atoms with Crippen molar-refractivity contribution in [2.75, 3.05) is 0 Å². The van der Waals surface area contributed by atoms with E-state index in [0.29, 0.717) is 0 Å². The monoisotopic (exact) mass is 370 g/mol. The first-order valence-electron chi connectivity index (χ1n) is 9.62. The third-order valence-electron chi connectivity index (χ3n) is 6.21. The highest BCUT2D eigenvalue weighted by molar-refractivity contribution is 5.65. The van der Waals surface area contributed by atoms with Gasteiger partial charge in [-0.25, -0.2) is 0 Å². The van der Waals surface area contributed by atoms with Crippen LogP contribution in [0, 0.1) is 0 Å². The molecular formula is C23H30O4. The molecule has 0 aliphatic heterocycles. The smallest absolute Gasteiger partial charge is 0.157 e. The van der Waals surface area contributed by atoms with E-state index in [4.69, 9.17) is 0 Å². The van der Waals surface area contributed by atoms with E-state index in [2.05, 4.69) is 27.7 Å². The highest BCUT2D eigenvalue weighted by Gasteiger charge is 2.56. The van der Waals surface area contributed by atoms with E-state index in [1.807, 2.05) is 13.8 Å². The summed E-state index contributed by atoms with van der Waals surface area (Å²) < 4.78 is 0. The Morgan fingerprint density at radius 3 is 1.11 bits per heavy atom. The molecule has 0 fully saturated rings. The van der Waals surface area contributed by atoms with Crippen molar-refractivity contribution >= 4 is 0 Å². The molecule has 1 spiro atoms. The first kappa shape index (κ1) is 19.4. The molecule has 4 N–H and O–H groups in total. The molecule has 27 heavy (non-hydrogen) atoms. The lowest BCUT2D eigenvalue weighted by molar-refractivity contribution is 0.348.